The van der Waals surface area contributed by atoms with Gasteiger partial charge < -0.3 is 10.5 Å². The molecule has 0 saturated heterocycles. The molecule has 86 valence electrons. The van der Waals surface area contributed by atoms with E-state index in [0.29, 0.717) is 5.69 Å². The van der Waals surface area contributed by atoms with Crippen molar-refractivity contribution in [2.24, 2.45) is 0 Å². The van der Waals surface area contributed by atoms with Crippen LogP contribution in [-0.4, -0.2) is 11.0 Å². The first kappa shape index (κ1) is 11.1. The van der Waals surface area contributed by atoms with E-state index in [0.717, 1.165) is 5.56 Å². The van der Waals surface area contributed by atoms with Crippen molar-refractivity contribution in [3.8, 4) is 0 Å². The Hall–Kier alpha value is -2.36. The molecule has 2 rings (SSSR count). The Labute approximate surface area is 99.1 Å². The second-order valence-electron chi connectivity index (χ2n) is 3.54. The third-order valence-electron chi connectivity index (χ3n) is 2.21. The molecule has 0 aliphatic carbocycles. The Morgan fingerprint density at radius 2 is 2.00 bits per heavy atom. The molecule has 0 amide bonds. The van der Waals surface area contributed by atoms with Crippen molar-refractivity contribution in [2.75, 3.05) is 5.73 Å². The number of esters is 1. The second-order valence-corrected chi connectivity index (χ2v) is 3.54. The average Bonchev–Trinajstić information content (AvgIpc) is 2.37. The third kappa shape index (κ3) is 3.04. The van der Waals surface area contributed by atoms with Gasteiger partial charge in [0.05, 0.1) is 0 Å². The fourth-order valence-corrected chi connectivity index (χ4v) is 1.36. The van der Waals surface area contributed by atoms with Gasteiger partial charge in [-0.3, -0.25) is 0 Å². The van der Waals surface area contributed by atoms with Crippen molar-refractivity contribution in [3.05, 3.63) is 59.9 Å². The van der Waals surface area contributed by atoms with Crippen molar-refractivity contribution in [3.63, 3.8) is 0 Å². The van der Waals surface area contributed by atoms with E-state index in [4.69, 9.17) is 10.5 Å². The van der Waals surface area contributed by atoms with Crippen LogP contribution in [-0.2, 0) is 11.3 Å². The van der Waals surface area contributed by atoms with Crippen LogP contribution in [0.15, 0.2) is 48.7 Å². The number of hydrogen-bond donors (Lipinski definition) is 1. The number of ether oxygens (including phenoxy) is 1. The number of nitrogen functional groups attached to an aromatic ring is 1. The van der Waals surface area contributed by atoms with Gasteiger partial charge in [0.25, 0.3) is 0 Å². The van der Waals surface area contributed by atoms with E-state index in [1.807, 2.05) is 30.3 Å². The van der Waals surface area contributed by atoms with Crippen LogP contribution in [0.25, 0.3) is 0 Å². The van der Waals surface area contributed by atoms with Gasteiger partial charge in [0, 0.05) is 11.9 Å². The van der Waals surface area contributed by atoms with Gasteiger partial charge in [-0.15, -0.1) is 0 Å². The van der Waals surface area contributed by atoms with E-state index in [-0.39, 0.29) is 12.3 Å². The molecule has 0 saturated carbocycles. The number of anilines is 1. The van der Waals surface area contributed by atoms with Gasteiger partial charge in [-0.05, 0) is 17.7 Å². The maximum Gasteiger partial charge on any atom is 0.357 e. The first-order valence-corrected chi connectivity index (χ1v) is 5.18. The Balaban J connectivity index is 1.98. The van der Waals surface area contributed by atoms with Gasteiger partial charge in [0.1, 0.15) is 12.3 Å². The highest BCUT2D eigenvalue weighted by Crippen LogP contribution is 2.07. The lowest BCUT2D eigenvalue weighted by atomic mass is 10.2. The topological polar surface area (TPSA) is 65.2 Å². The summed E-state index contributed by atoms with van der Waals surface area (Å²) in [6, 6.07) is 12.6. The first-order valence-electron chi connectivity index (χ1n) is 5.18. The average molecular weight is 228 g/mol. The molecule has 0 fully saturated rings. The third-order valence-corrected chi connectivity index (χ3v) is 2.21. The highest BCUT2D eigenvalue weighted by molar-refractivity contribution is 5.88. The van der Waals surface area contributed by atoms with E-state index in [9.17, 15) is 4.79 Å². The zero-order chi connectivity index (χ0) is 12.1. The molecule has 4 nitrogen and oxygen atoms in total. The number of pyridine rings is 1. The number of benzene rings is 1. The van der Waals surface area contributed by atoms with Crippen LogP contribution in [0, 0.1) is 0 Å². The summed E-state index contributed by atoms with van der Waals surface area (Å²) in [6.45, 7) is 0.232. The number of carbonyl (C=O) groups excluding carboxylic acids is 1. The SMILES string of the molecule is Nc1ccnc(C(=O)OCc2ccccc2)c1. The molecular weight excluding hydrogens is 216 g/mol. The molecule has 1 heterocycles. The normalized spacial score (nSPS) is 9.88. The highest BCUT2D eigenvalue weighted by atomic mass is 16.5. The Kier molecular flexibility index (Phi) is 3.35. The predicted molar refractivity (Wildman–Crippen MR) is 64.2 cm³/mol. The molecule has 0 atom stereocenters. The highest BCUT2D eigenvalue weighted by Gasteiger charge is 2.08. The minimum atomic E-state index is -0.471. The predicted octanol–water partition coefficient (Wildman–Crippen LogP) is 2.02. The van der Waals surface area contributed by atoms with Crippen molar-refractivity contribution < 1.29 is 9.53 Å². The van der Waals surface area contributed by atoms with Gasteiger partial charge in [0.2, 0.25) is 0 Å². The summed E-state index contributed by atoms with van der Waals surface area (Å²) in [5, 5.41) is 0. The summed E-state index contributed by atoms with van der Waals surface area (Å²) in [4.78, 5) is 15.5. The van der Waals surface area contributed by atoms with E-state index in [2.05, 4.69) is 4.98 Å². The summed E-state index contributed by atoms with van der Waals surface area (Å²) in [6.07, 6.45) is 1.48. The molecule has 2 N–H and O–H groups in total. The number of carbonyl (C=O) groups is 1. The van der Waals surface area contributed by atoms with Crippen molar-refractivity contribution in [1.82, 2.24) is 4.98 Å². The lowest BCUT2D eigenvalue weighted by Gasteiger charge is -2.04. The molecule has 4 heteroatoms. The number of hydrogen-bond acceptors (Lipinski definition) is 4. The van der Waals surface area contributed by atoms with E-state index >= 15 is 0 Å². The summed E-state index contributed by atoms with van der Waals surface area (Å²) < 4.78 is 5.11. The molecule has 1 aromatic carbocycles. The quantitative estimate of drug-likeness (QED) is 0.816. The zero-order valence-electron chi connectivity index (χ0n) is 9.17. The zero-order valence-corrected chi connectivity index (χ0v) is 9.17. The van der Waals surface area contributed by atoms with Crippen LogP contribution in [0.4, 0.5) is 5.69 Å². The summed E-state index contributed by atoms with van der Waals surface area (Å²) in [7, 11) is 0. The Morgan fingerprint density at radius 1 is 1.24 bits per heavy atom. The molecule has 2 aromatic rings. The lowest BCUT2D eigenvalue weighted by molar-refractivity contribution is 0.0466. The molecule has 0 bridgehead atoms. The molecule has 17 heavy (non-hydrogen) atoms. The largest absolute Gasteiger partial charge is 0.456 e. The number of nitrogens with zero attached hydrogens (tertiary/aromatic N) is 1. The summed E-state index contributed by atoms with van der Waals surface area (Å²) in [5.74, 6) is -0.471. The van der Waals surface area contributed by atoms with Crippen molar-refractivity contribution in [1.29, 1.82) is 0 Å². The lowest BCUT2D eigenvalue weighted by Crippen LogP contribution is -2.07. The fourth-order valence-electron chi connectivity index (χ4n) is 1.36. The van der Waals surface area contributed by atoms with Crippen LogP contribution in [0.5, 0.6) is 0 Å². The van der Waals surface area contributed by atoms with Crippen LogP contribution in [0.3, 0.4) is 0 Å². The maximum atomic E-state index is 11.6. The van der Waals surface area contributed by atoms with E-state index < -0.39 is 5.97 Å². The van der Waals surface area contributed by atoms with Crippen LogP contribution in [0.2, 0.25) is 0 Å². The standard InChI is InChI=1S/C13H12N2O2/c14-11-6-7-15-12(8-11)13(16)17-9-10-4-2-1-3-5-10/h1-8H,9H2,(H2,14,15). The summed E-state index contributed by atoms with van der Waals surface area (Å²) >= 11 is 0. The van der Waals surface area contributed by atoms with Crippen LogP contribution >= 0.6 is 0 Å². The van der Waals surface area contributed by atoms with Crippen molar-refractivity contribution >= 4 is 11.7 Å². The smallest absolute Gasteiger partial charge is 0.357 e. The molecule has 0 unspecified atom stereocenters. The molecular formula is C13H12N2O2. The Bertz CT molecular complexity index is 512. The van der Waals surface area contributed by atoms with Gasteiger partial charge in [-0.2, -0.15) is 0 Å². The molecule has 0 radical (unpaired) electrons. The summed E-state index contributed by atoms with van der Waals surface area (Å²) in [5.41, 5.74) is 7.21. The van der Waals surface area contributed by atoms with Gasteiger partial charge in [0.15, 0.2) is 0 Å². The van der Waals surface area contributed by atoms with Crippen LogP contribution < -0.4 is 5.73 Å². The molecule has 1 aromatic heterocycles. The molecule has 0 spiro atoms. The van der Waals surface area contributed by atoms with Crippen LogP contribution in [0.1, 0.15) is 16.1 Å². The number of aromatic nitrogens is 1. The monoisotopic (exact) mass is 228 g/mol. The van der Waals surface area contributed by atoms with Gasteiger partial charge >= 0.3 is 5.97 Å². The van der Waals surface area contributed by atoms with Gasteiger partial charge in [-0.25, -0.2) is 9.78 Å². The molecule has 0 aliphatic rings. The Morgan fingerprint density at radius 3 is 2.71 bits per heavy atom. The number of rotatable bonds is 3. The van der Waals surface area contributed by atoms with Crippen molar-refractivity contribution in [2.45, 2.75) is 6.61 Å². The maximum absolute atomic E-state index is 11.6. The molecule has 0 aliphatic heterocycles. The minimum Gasteiger partial charge on any atom is -0.456 e. The van der Waals surface area contributed by atoms with E-state index in [1.165, 1.54) is 12.3 Å². The van der Waals surface area contributed by atoms with Gasteiger partial charge in [-0.1, -0.05) is 30.3 Å². The van der Waals surface area contributed by atoms with E-state index in [1.54, 1.807) is 6.07 Å². The number of nitrogens with two attached hydrogens (primary N) is 1. The first-order chi connectivity index (χ1) is 8.25. The second kappa shape index (κ2) is 5.12. The fraction of sp³-hybridized carbons (Fsp3) is 0.0769. The minimum absolute atomic E-state index is 0.223.